The number of amides is 3. The van der Waals surface area contributed by atoms with Crippen LogP contribution in [0.2, 0.25) is 0 Å². The molecule has 0 bridgehead atoms. The summed E-state index contributed by atoms with van der Waals surface area (Å²) < 4.78 is 5.64. The number of nitrogens with zero attached hydrogens (tertiary/aromatic N) is 2. The number of nitrogens with two attached hydrogens (primary N) is 1. The lowest BCUT2D eigenvalue weighted by Gasteiger charge is -2.46. The molecule has 0 aromatic rings. The van der Waals surface area contributed by atoms with E-state index in [4.69, 9.17) is 15.9 Å². The second-order valence-electron chi connectivity index (χ2n) is 8.51. The van der Waals surface area contributed by atoms with Gasteiger partial charge in [0.15, 0.2) is 0 Å². The molecule has 178 valence electrons. The predicted octanol–water partition coefficient (Wildman–Crippen LogP) is -0.00173. The zero-order valence-corrected chi connectivity index (χ0v) is 19.2. The molecule has 0 unspecified atom stereocenters. The van der Waals surface area contributed by atoms with Gasteiger partial charge in [0.2, 0.25) is 5.91 Å². The summed E-state index contributed by atoms with van der Waals surface area (Å²) in [5.41, 5.74) is 5.04. The third kappa shape index (κ3) is 4.57. The number of β-lactam (4-membered cyclic amide) rings is 1. The number of urea groups is 1. The normalized spacial score (nSPS) is 30.2. The molecular weight excluding hydrogens is 438 g/mol. The topological polar surface area (TPSA) is 169 Å². The highest BCUT2D eigenvalue weighted by Crippen LogP contribution is 2.52. The average Bonchev–Trinajstić information content (AvgIpc) is 3.19. The van der Waals surface area contributed by atoms with Crippen molar-refractivity contribution in [1.82, 2.24) is 15.1 Å². The summed E-state index contributed by atoms with van der Waals surface area (Å²) in [5, 5.41) is 30.4. The monoisotopic (exact) mass is 469 g/mol. The molecule has 6 atom stereocenters. The van der Waals surface area contributed by atoms with Gasteiger partial charge >= 0.3 is 12.0 Å². The van der Waals surface area contributed by atoms with Gasteiger partial charge in [-0.2, -0.15) is 0 Å². The smallest absolute Gasteiger partial charge is 0.353 e. The van der Waals surface area contributed by atoms with E-state index in [1.54, 1.807) is 13.8 Å². The Labute approximate surface area is 190 Å². The number of ether oxygens (including phenoxy) is 1. The van der Waals surface area contributed by atoms with Crippen molar-refractivity contribution in [3.63, 3.8) is 0 Å². The van der Waals surface area contributed by atoms with E-state index in [9.17, 15) is 24.6 Å². The SMILES string of the molecule is CC(=N)N1C[C@@H](SC2=C(C(=O)O)N3C(=O)[C@H]([C@@H](C)O)[C@H]3[C@H]2C)C[C@H]1COCCNC(N)=O. The van der Waals surface area contributed by atoms with Gasteiger partial charge in [0, 0.05) is 29.2 Å². The highest BCUT2D eigenvalue weighted by Gasteiger charge is 2.60. The Morgan fingerprint density at radius 1 is 1.44 bits per heavy atom. The van der Waals surface area contributed by atoms with Crippen LogP contribution >= 0.6 is 11.8 Å². The quantitative estimate of drug-likeness (QED) is 0.136. The number of hydrogen-bond acceptors (Lipinski definition) is 7. The molecule has 3 amide bonds. The van der Waals surface area contributed by atoms with Crippen LogP contribution in [0.15, 0.2) is 10.6 Å². The third-order valence-corrected chi connectivity index (χ3v) is 7.76. The number of aliphatic carboxylic acids is 1. The van der Waals surface area contributed by atoms with Crippen LogP contribution in [-0.2, 0) is 14.3 Å². The van der Waals surface area contributed by atoms with Crippen molar-refractivity contribution in [3.8, 4) is 0 Å². The predicted molar refractivity (Wildman–Crippen MR) is 118 cm³/mol. The van der Waals surface area contributed by atoms with Crippen LogP contribution in [-0.4, -0.2) is 93.5 Å². The zero-order valence-electron chi connectivity index (χ0n) is 18.4. The first-order valence-electron chi connectivity index (χ1n) is 10.6. The van der Waals surface area contributed by atoms with E-state index in [0.29, 0.717) is 43.5 Å². The number of likely N-dealkylation sites (tertiary alicyclic amines) is 1. The first kappa shape index (κ1) is 24.3. The molecule has 0 aromatic heterocycles. The highest BCUT2D eigenvalue weighted by molar-refractivity contribution is 8.03. The van der Waals surface area contributed by atoms with Gasteiger partial charge in [0.05, 0.1) is 43.2 Å². The van der Waals surface area contributed by atoms with Crippen molar-refractivity contribution in [2.75, 3.05) is 26.3 Å². The van der Waals surface area contributed by atoms with Crippen LogP contribution in [0, 0.1) is 17.2 Å². The number of amidine groups is 1. The number of carbonyl (C=O) groups excluding carboxylic acids is 2. The summed E-state index contributed by atoms with van der Waals surface area (Å²) in [4.78, 5) is 39.1. The summed E-state index contributed by atoms with van der Waals surface area (Å²) >= 11 is 1.45. The number of carboxylic acids is 1. The van der Waals surface area contributed by atoms with Gasteiger partial charge in [-0.15, -0.1) is 11.8 Å². The largest absolute Gasteiger partial charge is 0.477 e. The molecule has 6 N–H and O–H groups in total. The Bertz CT molecular complexity index is 833. The Kier molecular flexibility index (Phi) is 7.36. The molecule has 0 radical (unpaired) electrons. The number of carbonyl (C=O) groups is 3. The molecule has 32 heavy (non-hydrogen) atoms. The molecule has 11 nitrogen and oxygen atoms in total. The first-order chi connectivity index (χ1) is 15.0. The molecule has 3 aliphatic rings. The molecule has 3 heterocycles. The van der Waals surface area contributed by atoms with Crippen molar-refractivity contribution in [2.45, 2.75) is 50.6 Å². The molecule has 2 saturated heterocycles. The molecule has 3 aliphatic heterocycles. The van der Waals surface area contributed by atoms with Crippen molar-refractivity contribution < 1.29 is 29.3 Å². The van der Waals surface area contributed by atoms with Gasteiger partial charge in [-0.25, -0.2) is 9.59 Å². The number of carboxylic acid groups (broad SMARTS) is 1. The maximum absolute atomic E-state index is 12.5. The Morgan fingerprint density at radius 3 is 2.69 bits per heavy atom. The van der Waals surface area contributed by atoms with Crippen LogP contribution in [0.1, 0.15) is 27.2 Å². The van der Waals surface area contributed by atoms with Crippen LogP contribution in [0.3, 0.4) is 0 Å². The third-order valence-electron chi connectivity index (χ3n) is 6.27. The fourth-order valence-electron chi connectivity index (χ4n) is 4.85. The van der Waals surface area contributed by atoms with Crippen molar-refractivity contribution >= 4 is 35.5 Å². The van der Waals surface area contributed by atoms with Gasteiger partial charge in [-0.05, 0) is 20.3 Å². The molecule has 3 rings (SSSR count). The fourth-order valence-corrected chi connectivity index (χ4v) is 6.42. The fraction of sp³-hybridized carbons (Fsp3) is 0.700. The van der Waals surface area contributed by atoms with Gasteiger partial charge in [-0.3, -0.25) is 10.2 Å². The van der Waals surface area contributed by atoms with Crippen LogP contribution in [0.5, 0.6) is 0 Å². The van der Waals surface area contributed by atoms with Crippen molar-refractivity contribution in [3.05, 3.63) is 10.6 Å². The standard InChI is InChI=1S/C20H31N5O6S/c1-9-15-14(10(2)26)18(27)25(15)16(19(28)29)17(9)32-13-6-12(24(7-13)11(3)21)8-31-5-4-23-20(22)30/h9-10,12-15,21,26H,4-8H2,1-3H3,(H,28,29)(H3,22,23,30)/t9-,10-,12+,13+,14-,15-/m1/s1. The second-order valence-corrected chi connectivity index (χ2v) is 9.85. The van der Waals surface area contributed by atoms with E-state index in [1.165, 1.54) is 16.7 Å². The minimum Gasteiger partial charge on any atom is -0.477 e. The number of rotatable bonds is 9. The summed E-state index contributed by atoms with van der Waals surface area (Å²) in [6.07, 6.45) is -0.148. The van der Waals surface area contributed by atoms with Gasteiger partial charge in [0.25, 0.3) is 0 Å². The Morgan fingerprint density at radius 2 is 2.12 bits per heavy atom. The summed E-state index contributed by atoms with van der Waals surface area (Å²) in [7, 11) is 0. The first-order valence-corrected chi connectivity index (χ1v) is 11.5. The minimum absolute atomic E-state index is 0.0183. The number of aliphatic hydroxyl groups is 1. The Hall–Kier alpha value is -2.31. The maximum Gasteiger partial charge on any atom is 0.353 e. The molecular formula is C20H31N5O6S. The number of primary amides is 1. The lowest BCUT2D eigenvalue weighted by atomic mass is 9.79. The van der Waals surface area contributed by atoms with Crippen molar-refractivity contribution in [1.29, 1.82) is 5.41 Å². The molecule has 0 aromatic carbocycles. The van der Waals surface area contributed by atoms with Gasteiger partial charge < -0.3 is 35.8 Å². The van der Waals surface area contributed by atoms with E-state index >= 15 is 0 Å². The van der Waals surface area contributed by atoms with E-state index in [1.807, 2.05) is 11.8 Å². The summed E-state index contributed by atoms with van der Waals surface area (Å²) in [5.74, 6) is -1.86. The lowest BCUT2D eigenvalue weighted by molar-refractivity contribution is -0.163. The highest BCUT2D eigenvalue weighted by atomic mass is 32.2. The number of nitrogens with one attached hydrogen (secondary N) is 2. The number of hydrogen-bond donors (Lipinski definition) is 5. The Balaban J connectivity index is 1.68. The summed E-state index contributed by atoms with van der Waals surface area (Å²) in [6.45, 7) is 6.69. The number of fused-ring (bicyclic) bond motifs is 1. The zero-order chi connectivity index (χ0) is 23.7. The number of aliphatic hydroxyl groups excluding tert-OH is 1. The minimum atomic E-state index is -1.14. The maximum atomic E-state index is 12.5. The van der Waals surface area contributed by atoms with E-state index in [-0.39, 0.29) is 34.9 Å². The lowest BCUT2D eigenvalue weighted by Crippen LogP contribution is -2.63. The van der Waals surface area contributed by atoms with Crippen LogP contribution in [0.25, 0.3) is 0 Å². The number of thioether (sulfide) groups is 1. The van der Waals surface area contributed by atoms with Gasteiger partial charge in [-0.1, -0.05) is 6.92 Å². The van der Waals surface area contributed by atoms with Gasteiger partial charge in [0.1, 0.15) is 5.70 Å². The van der Waals surface area contributed by atoms with E-state index in [0.717, 1.165) is 0 Å². The van der Waals surface area contributed by atoms with Crippen LogP contribution < -0.4 is 11.1 Å². The van der Waals surface area contributed by atoms with Crippen molar-refractivity contribution in [2.24, 2.45) is 17.6 Å². The molecule has 0 spiro atoms. The van der Waals surface area contributed by atoms with E-state index < -0.39 is 24.0 Å². The van der Waals surface area contributed by atoms with E-state index in [2.05, 4.69) is 5.32 Å². The van der Waals surface area contributed by atoms with Crippen LogP contribution in [0.4, 0.5) is 4.79 Å². The average molecular weight is 470 g/mol. The molecule has 0 aliphatic carbocycles. The summed E-state index contributed by atoms with van der Waals surface area (Å²) in [6, 6.07) is -1.000. The molecule has 0 saturated carbocycles. The second kappa shape index (κ2) is 9.67. The molecule has 12 heteroatoms. The molecule has 2 fully saturated rings.